The zero-order chi connectivity index (χ0) is 15.2. The summed E-state index contributed by atoms with van der Waals surface area (Å²) < 4.78 is 6.85. The normalized spacial score (nSPS) is 10.8. The molecule has 0 unspecified atom stereocenters. The highest BCUT2D eigenvalue weighted by Crippen LogP contribution is 2.21. The number of ether oxygens (including phenoxy) is 1. The van der Waals surface area contributed by atoms with Gasteiger partial charge in [-0.15, -0.1) is 11.3 Å². The molecule has 0 bridgehead atoms. The minimum atomic E-state index is 0.0724. The van der Waals surface area contributed by atoms with Crippen LogP contribution in [0.15, 0.2) is 39.5 Å². The summed E-state index contributed by atoms with van der Waals surface area (Å²) in [5.41, 5.74) is 7.43. The van der Waals surface area contributed by atoms with E-state index in [0.29, 0.717) is 12.2 Å². The van der Waals surface area contributed by atoms with E-state index >= 15 is 0 Å². The molecule has 4 nitrogen and oxygen atoms in total. The number of halogens is 1. The smallest absolute Gasteiger partial charge is 0.122 e. The summed E-state index contributed by atoms with van der Waals surface area (Å²) in [5.74, 6) is 0.870. The van der Waals surface area contributed by atoms with Crippen molar-refractivity contribution in [3.63, 3.8) is 0 Å². The quantitative estimate of drug-likeness (QED) is 0.582. The van der Waals surface area contributed by atoms with Crippen molar-refractivity contribution in [2.75, 3.05) is 20.2 Å². The fourth-order valence-corrected chi connectivity index (χ4v) is 3.07. The number of likely N-dealkylation sites (N-methyl/N-ethyl adjacent to an activating group) is 1. The molecule has 3 N–H and O–H groups in total. The van der Waals surface area contributed by atoms with Crippen LogP contribution in [0.25, 0.3) is 0 Å². The van der Waals surface area contributed by atoms with Crippen LogP contribution in [0.4, 0.5) is 0 Å². The van der Waals surface area contributed by atoms with Gasteiger partial charge in [0.15, 0.2) is 0 Å². The van der Waals surface area contributed by atoms with Crippen molar-refractivity contribution in [2.45, 2.75) is 6.54 Å². The van der Waals surface area contributed by atoms with Gasteiger partial charge in [0.2, 0.25) is 0 Å². The Kier molecular flexibility index (Phi) is 5.78. The van der Waals surface area contributed by atoms with Crippen LogP contribution in [0.2, 0.25) is 0 Å². The number of benzene rings is 1. The van der Waals surface area contributed by atoms with Crippen LogP contribution in [0, 0.1) is 5.41 Å². The fourth-order valence-electron chi connectivity index (χ4n) is 1.87. The molecule has 0 atom stereocenters. The van der Waals surface area contributed by atoms with Gasteiger partial charge in [-0.2, -0.15) is 0 Å². The lowest BCUT2D eigenvalue weighted by atomic mass is 10.2. The monoisotopic (exact) mass is 367 g/mol. The highest BCUT2D eigenvalue weighted by molar-refractivity contribution is 9.11. The van der Waals surface area contributed by atoms with Crippen LogP contribution < -0.4 is 10.5 Å². The predicted octanol–water partition coefficient (Wildman–Crippen LogP) is 3.31. The third kappa shape index (κ3) is 5.15. The molecule has 0 saturated carbocycles. The van der Waals surface area contributed by atoms with E-state index in [1.807, 2.05) is 12.1 Å². The molecule has 0 fully saturated rings. The number of nitrogens with one attached hydrogen (secondary N) is 1. The molecule has 1 aromatic heterocycles. The summed E-state index contributed by atoms with van der Waals surface area (Å²) in [7, 11) is 2.08. The average Bonchev–Trinajstić information content (AvgIpc) is 2.84. The van der Waals surface area contributed by atoms with Crippen LogP contribution in [0.5, 0.6) is 5.75 Å². The number of hydrogen-bond acceptors (Lipinski definition) is 4. The third-order valence-corrected chi connectivity index (χ3v) is 4.53. The molecule has 112 valence electrons. The molecule has 1 aromatic carbocycles. The van der Waals surface area contributed by atoms with Crippen LogP contribution in [-0.4, -0.2) is 30.9 Å². The fraction of sp³-hybridized carbons (Fsp3) is 0.267. The second kappa shape index (κ2) is 7.59. The molecule has 21 heavy (non-hydrogen) atoms. The molecular formula is C15H18BrN3OS. The van der Waals surface area contributed by atoms with Gasteiger partial charge in [-0.05, 0) is 64.3 Å². The molecule has 0 radical (unpaired) electrons. The summed E-state index contributed by atoms with van der Waals surface area (Å²) in [6.45, 7) is 2.39. The maximum Gasteiger partial charge on any atom is 0.122 e. The Morgan fingerprint density at radius 1 is 1.38 bits per heavy atom. The summed E-state index contributed by atoms with van der Waals surface area (Å²) >= 11 is 5.17. The topological polar surface area (TPSA) is 62.3 Å². The second-order valence-corrected chi connectivity index (χ2v) is 7.07. The number of thiophene rings is 1. The Morgan fingerprint density at radius 2 is 2.10 bits per heavy atom. The van der Waals surface area contributed by atoms with Crippen LogP contribution in [0.3, 0.4) is 0 Å². The number of nitrogens with zero attached hydrogens (tertiary/aromatic N) is 1. The zero-order valence-corrected chi connectivity index (χ0v) is 14.2. The summed E-state index contributed by atoms with van der Waals surface area (Å²) in [6, 6.07) is 9.41. The van der Waals surface area contributed by atoms with Crippen LogP contribution in [0.1, 0.15) is 11.1 Å². The Hall–Kier alpha value is -1.37. The summed E-state index contributed by atoms with van der Waals surface area (Å²) in [4.78, 5) is 2.22. The highest BCUT2D eigenvalue weighted by atomic mass is 79.9. The number of hydrogen-bond donors (Lipinski definition) is 2. The molecule has 6 heteroatoms. The first-order valence-corrected chi connectivity index (χ1v) is 8.20. The van der Waals surface area contributed by atoms with Crippen molar-refractivity contribution in [1.29, 1.82) is 5.41 Å². The van der Waals surface area contributed by atoms with E-state index in [0.717, 1.165) is 22.6 Å². The number of amidine groups is 1. The van der Waals surface area contributed by atoms with Gasteiger partial charge in [-0.3, -0.25) is 10.3 Å². The zero-order valence-electron chi connectivity index (χ0n) is 11.8. The van der Waals surface area contributed by atoms with Gasteiger partial charge in [-0.1, -0.05) is 0 Å². The van der Waals surface area contributed by atoms with Crippen LogP contribution >= 0.6 is 27.3 Å². The van der Waals surface area contributed by atoms with E-state index in [1.165, 1.54) is 5.56 Å². The van der Waals surface area contributed by atoms with Gasteiger partial charge in [0.1, 0.15) is 18.2 Å². The number of rotatable bonds is 7. The van der Waals surface area contributed by atoms with Gasteiger partial charge in [0.25, 0.3) is 0 Å². The molecule has 2 rings (SSSR count). The summed E-state index contributed by atoms with van der Waals surface area (Å²) in [5, 5.41) is 9.49. The minimum Gasteiger partial charge on any atom is -0.492 e. The Morgan fingerprint density at radius 3 is 2.67 bits per heavy atom. The minimum absolute atomic E-state index is 0.0724. The molecule has 2 aromatic rings. The van der Waals surface area contributed by atoms with Gasteiger partial charge in [0.05, 0.1) is 3.79 Å². The molecule has 1 heterocycles. The number of nitrogens with two attached hydrogens (primary N) is 1. The molecule has 0 aliphatic carbocycles. The van der Waals surface area contributed by atoms with Gasteiger partial charge in [0, 0.05) is 18.7 Å². The van der Waals surface area contributed by atoms with E-state index in [4.69, 9.17) is 15.9 Å². The van der Waals surface area contributed by atoms with Gasteiger partial charge in [-0.25, -0.2) is 0 Å². The van der Waals surface area contributed by atoms with Crippen molar-refractivity contribution in [2.24, 2.45) is 5.73 Å². The third-order valence-electron chi connectivity index (χ3n) is 2.98. The van der Waals surface area contributed by atoms with E-state index in [2.05, 4.69) is 39.3 Å². The highest BCUT2D eigenvalue weighted by Gasteiger charge is 2.03. The number of nitrogen functional groups attached to an aromatic ring is 1. The first-order chi connectivity index (χ1) is 10.0. The predicted molar refractivity (Wildman–Crippen MR) is 91.3 cm³/mol. The molecule has 0 saturated heterocycles. The van der Waals surface area contributed by atoms with Gasteiger partial charge < -0.3 is 10.5 Å². The molecule has 0 aliphatic heterocycles. The van der Waals surface area contributed by atoms with Crippen molar-refractivity contribution >= 4 is 33.1 Å². The maximum absolute atomic E-state index is 7.34. The van der Waals surface area contributed by atoms with E-state index < -0.39 is 0 Å². The van der Waals surface area contributed by atoms with E-state index in [9.17, 15) is 0 Å². The second-order valence-electron chi connectivity index (χ2n) is 4.78. The van der Waals surface area contributed by atoms with Crippen molar-refractivity contribution in [3.05, 3.63) is 50.6 Å². The van der Waals surface area contributed by atoms with Crippen molar-refractivity contribution in [3.8, 4) is 5.75 Å². The Balaban J connectivity index is 1.74. The molecule has 0 aliphatic rings. The van der Waals surface area contributed by atoms with Gasteiger partial charge >= 0.3 is 0 Å². The maximum atomic E-state index is 7.34. The largest absolute Gasteiger partial charge is 0.492 e. The first-order valence-electron chi connectivity index (χ1n) is 6.53. The SMILES string of the molecule is CN(CCOc1ccc(C(=N)N)cc1)Cc1csc(Br)c1. The summed E-state index contributed by atoms with van der Waals surface area (Å²) in [6.07, 6.45) is 0. The average molecular weight is 368 g/mol. The van der Waals surface area contributed by atoms with Crippen LogP contribution in [-0.2, 0) is 6.54 Å². The van der Waals surface area contributed by atoms with E-state index in [1.54, 1.807) is 23.5 Å². The molecular weight excluding hydrogens is 350 g/mol. The lowest BCUT2D eigenvalue weighted by molar-refractivity contribution is 0.233. The van der Waals surface area contributed by atoms with Crippen molar-refractivity contribution in [1.82, 2.24) is 4.90 Å². The lowest BCUT2D eigenvalue weighted by Crippen LogP contribution is -2.23. The molecule has 0 amide bonds. The van der Waals surface area contributed by atoms with E-state index in [-0.39, 0.29) is 5.84 Å². The lowest BCUT2D eigenvalue weighted by Gasteiger charge is -2.16. The Bertz CT molecular complexity index is 597. The van der Waals surface area contributed by atoms with Crippen molar-refractivity contribution < 1.29 is 4.74 Å². The molecule has 0 spiro atoms. The standard InChI is InChI=1S/C15H18BrN3OS/c1-19(9-11-8-14(16)21-10-11)6-7-20-13-4-2-12(3-5-13)15(17)18/h2-5,8,10H,6-7,9H2,1H3,(H3,17,18). The Labute approximate surface area is 137 Å². The first kappa shape index (κ1) is 16.0.